The third-order valence-electron chi connectivity index (χ3n) is 6.82. The maximum Gasteiger partial charge on any atom is 0.490 e. The minimum atomic E-state index is -5.08. The molecule has 2 amide bonds. The Hall–Kier alpha value is -6.06. The highest BCUT2D eigenvalue weighted by Gasteiger charge is 2.38. The number of benzene rings is 3. The molecule has 0 saturated heterocycles. The molecule has 1 aromatic heterocycles. The van der Waals surface area contributed by atoms with Crippen molar-refractivity contribution < 1.29 is 52.0 Å². The summed E-state index contributed by atoms with van der Waals surface area (Å²) in [6.45, 7) is 6.91. The highest BCUT2D eigenvalue weighted by Crippen LogP contribution is 2.34. The molecule has 6 N–H and O–H groups in total. The van der Waals surface area contributed by atoms with Gasteiger partial charge in [-0.3, -0.25) is 14.4 Å². The number of aromatic nitrogens is 1. The van der Waals surface area contributed by atoms with E-state index in [9.17, 15) is 32.7 Å². The lowest BCUT2D eigenvalue weighted by atomic mass is 10.0. The van der Waals surface area contributed by atoms with Gasteiger partial charge in [0.05, 0.1) is 12.7 Å². The van der Waals surface area contributed by atoms with Crippen LogP contribution in [-0.2, 0) is 25.7 Å². The number of nitrogens with one attached hydrogen (secondary N) is 2. The predicted molar refractivity (Wildman–Crippen MR) is 183 cm³/mol. The Labute approximate surface area is 291 Å². The largest absolute Gasteiger partial charge is 0.490 e. The number of rotatable bonds is 13. The van der Waals surface area contributed by atoms with Gasteiger partial charge in [0, 0.05) is 36.4 Å². The van der Waals surface area contributed by atoms with Gasteiger partial charge in [-0.05, 0) is 85.8 Å². The molecular formula is C35H38F3N5O8. The summed E-state index contributed by atoms with van der Waals surface area (Å²) in [5, 5.41) is 24.5. The molecule has 0 radical (unpaired) electrons. The van der Waals surface area contributed by atoms with Crippen LogP contribution in [0.4, 0.5) is 30.4 Å². The molecule has 0 fully saturated rings. The van der Waals surface area contributed by atoms with E-state index < -0.39 is 36.6 Å². The normalized spacial score (nSPS) is 11.5. The Morgan fingerprint density at radius 1 is 0.961 bits per heavy atom. The fraction of sp³-hybridized carbons (Fsp3) is 0.286. The van der Waals surface area contributed by atoms with Crippen LogP contribution in [0.1, 0.15) is 44.9 Å². The van der Waals surface area contributed by atoms with E-state index in [0.29, 0.717) is 46.4 Å². The summed E-state index contributed by atoms with van der Waals surface area (Å²) in [4.78, 5) is 52.2. The summed E-state index contributed by atoms with van der Waals surface area (Å²) < 4.78 is 43.5. The molecule has 0 spiro atoms. The second kappa shape index (κ2) is 17.6. The molecule has 0 aliphatic heterocycles. The molecule has 1 unspecified atom stereocenters. The summed E-state index contributed by atoms with van der Waals surface area (Å²) in [6, 6.07) is 18.4. The van der Waals surface area contributed by atoms with Gasteiger partial charge in [0.15, 0.2) is 11.5 Å². The predicted octanol–water partition coefficient (Wildman–Crippen LogP) is 5.86. The van der Waals surface area contributed by atoms with Crippen molar-refractivity contribution >= 4 is 51.7 Å². The van der Waals surface area contributed by atoms with E-state index in [-0.39, 0.29) is 18.6 Å². The zero-order valence-corrected chi connectivity index (χ0v) is 28.2. The summed E-state index contributed by atoms with van der Waals surface area (Å²) in [5.74, 6) is -3.27. The number of alkyl halides is 3. The Balaban J connectivity index is 0.000000908. The standard InChI is InChI=1S/C33H37N5O6.C2HF3O2/c1-5-43-28-12-9-24(17-29(28)44-20(2)3)31(37-26-10-11-27-23(16-26)13-14-35-32(27)34)33(42)38(19-30(40)41)18-22-7-6-8-25(15-22)36-21(4)39;3-2(4,5)1(6)7/h6-17,20,31,37H,5,18-19H2,1-4H3,(H2,34,35)(H,36,39)(H,40,41);(H,6,7). The van der Waals surface area contributed by atoms with E-state index in [1.165, 1.54) is 11.8 Å². The highest BCUT2D eigenvalue weighted by atomic mass is 19.4. The van der Waals surface area contributed by atoms with Gasteiger partial charge in [-0.15, -0.1) is 0 Å². The van der Waals surface area contributed by atoms with Gasteiger partial charge < -0.3 is 41.0 Å². The van der Waals surface area contributed by atoms with Gasteiger partial charge in [0.2, 0.25) is 5.91 Å². The van der Waals surface area contributed by atoms with Crippen molar-refractivity contribution in [2.45, 2.75) is 52.6 Å². The van der Waals surface area contributed by atoms with Gasteiger partial charge in [-0.1, -0.05) is 18.2 Å². The number of nitrogens with zero attached hydrogens (tertiary/aromatic N) is 2. The number of hydrogen-bond acceptors (Lipinski definition) is 9. The van der Waals surface area contributed by atoms with E-state index >= 15 is 0 Å². The van der Waals surface area contributed by atoms with Gasteiger partial charge in [-0.25, -0.2) is 9.78 Å². The van der Waals surface area contributed by atoms with Crippen LogP contribution in [-0.4, -0.2) is 69.3 Å². The average Bonchev–Trinajstić information content (AvgIpc) is 3.03. The first-order chi connectivity index (χ1) is 24.0. The first kappa shape index (κ1) is 39.4. The average molecular weight is 714 g/mol. The number of halogens is 3. The number of ether oxygens (including phenoxy) is 2. The van der Waals surface area contributed by atoms with Crippen LogP contribution in [0.3, 0.4) is 0 Å². The molecule has 0 saturated carbocycles. The van der Waals surface area contributed by atoms with Crippen LogP contribution in [0.15, 0.2) is 72.9 Å². The van der Waals surface area contributed by atoms with Crippen LogP contribution in [0.2, 0.25) is 0 Å². The molecule has 1 atom stereocenters. The van der Waals surface area contributed by atoms with E-state index in [0.717, 1.165) is 10.8 Å². The number of fused-ring (bicyclic) bond motifs is 1. The molecule has 3 aromatic carbocycles. The van der Waals surface area contributed by atoms with Gasteiger partial charge >= 0.3 is 18.1 Å². The first-order valence-corrected chi connectivity index (χ1v) is 15.5. The van der Waals surface area contributed by atoms with Crippen molar-refractivity contribution in [1.29, 1.82) is 0 Å². The number of carboxylic acids is 2. The van der Waals surface area contributed by atoms with Crippen LogP contribution in [0.25, 0.3) is 10.8 Å². The quantitative estimate of drug-likeness (QED) is 0.111. The molecule has 13 nitrogen and oxygen atoms in total. The second-order valence-corrected chi connectivity index (χ2v) is 11.3. The van der Waals surface area contributed by atoms with Crippen molar-refractivity contribution in [3.63, 3.8) is 0 Å². The summed E-state index contributed by atoms with van der Waals surface area (Å²) in [6.07, 6.45) is -3.64. The van der Waals surface area contributed by atoms with Crippen molar-refractivity contribution in [3.8, 4) is 11.5 Å². The summed E-state index contributed by atoms with van der Waals surface area (Å²) >= 11 is 0. The van der Waals surface area contributed by atoms with Gasteiger partial charge in [0.25, 0.3) is 5.91 Å². The number of carboxylic acid groups (broad SMARTS) is 2. The lowest BCUT2D eigenvalue weighted by Gasteiger charge is -2.28. The first-order valence-electron chi connectivity index (χ1n) is 15.5. The van der Waals surface area contributed by atoms with E-state index in [1.54, 1.807) is 54.7 Å². The van der Waals surface area contributed by atoms with E-state index in [1.807, 2.05) is 39.0 Å². The Morgan fingerprint density at radius 3 is 2.27 bits per heavy atom. The third kappa shape index (κ3) is 11.8. The molecule has 51 heavy (non-hydrogen) atoms. The fourth-order valence-electron chi connectivity index (χ4n) is 4.80. The highest BCUT2D eigenvalue weighted by molar-refractivity contribution is 5.94. The second-order valence-electron chi connectivity index (χ2n) is 11.3. The smallest absolute Gasteiger partial charge is 0.490 e. The zero-order chi connectivity index (χ0) is 37.9. The fourth-order valence-corrected chi connectivity index (χ4v) is 4.80. The Kier molecular flexibility index (Phi) is 13.6. The Morgan fingerprint density at radius 2 is 1.67 bits per heavy atom. The minimum absolute atomic E-state index is 0.0109. The van der Waals surface area contributed by atoms with Crippen LogP contribution in [0, 0.1) is 0 Å². The van der Waals surface area contributed by atoms with Crippen LogP contribution >= 0.6 is 0 Å². The SMILES string of the molecule is CCOc1ccc(C(Nc2ccc3c(N)nccc3c2)C(=O)N(CC(=O)O)Cc2cccc(NC(C)=O)c2)cc1OC(C)C.O=C(O)C(F)(F)F. The number of nitrogen functional groups attached to an aromatic ring is 1. The molecule has 1 heterocycles. The third-order valence-corrected chi connectivity index (χ3v) is 6.82. The van der Waals surface area contributed by atoms with Gasteiger partial charge in [0.1, 0.15) is 18.4 Å². The molecule has 4 rings (SSSR count). The summed E-state index contributed by atoms with van der Waals surface area (Å²) in [7, 11) is 0. The van der Waals surface area contributed by atoms with Crippen LogP contribution in [0.5, 0.6) is 11.5 Å². The van der Waals surface area contributed by atoms with Crippen LogP contribution < -0.4 is 25.8 Å². The Bertz CT molecular complexity index is 1870. The molecule has 272 valence electrons. The summed E-state index contributed by atoms with van der Waals surface area (Å²) in [5.41, 5.74) is 8.39. The number of aliphatic carboxylic acids is 2. The zero-order valence-electron chi connectivity index (χ0n) is 28.2. The minimum Gasteiger partial charge on any atom is -0.490 e. The maximum atomic E-state index is 14.3. The molecule has 4 aromatic rings. The number of carbonyl (C=O) groups is 4. The number of nitrogens with two attached hydrogens (primary N) is 1. The lowest BCUT2D eigenvalue weighted by molar-refractivity contribution is -0.192. The molecule has 16 heteroatoms. The number of amides is 2. The maximum absolute atomic E-state index is 14.3. The topological polar surface area (TPSA) is 193 Å². The van der Waals surface area contributed by atoms with Crippen molar-refractivity contribution in [1.82, 2.24) is 9.88 Å². The molecule has 0 aliphatic carbocycles. The van der Waals surface area contributed by atoms with Crippen molar-refractivity contribution in [2.75, 3.05) is 29.5 Å². The van der Waals surface area contributed by atoms with Gasteiger partial charge in [-0.2, -0.15) is 13.2 Å². The number of anilines is 3. The van der Waals surface area contributed by atoms with Crippen molar-refractivity contribution in [2.24, 2.45) is 0 Å². The molecule has 0 bridgehead atoms. The molecular weight excluding hydrogens is 675 g/mol. The number of pyridine rings is 1. The van der Waals surface area contributed by atoms with Crippen molar-refractivity contribution in [3.05, 3.63) is 84.1 Å². The lowest BCUT2D eigenvalue weighted by Crippen LogP contribution is -2.40. The molecule has 0 aliphatic rings. The monoisotopic (exact) mass is 713 g/mol. The van der Waals surface area contributed by atoms with E-state index in [4.69, 9.17) is 25.1 Å². The number of hydrogen-bond donors (Lipinski definition) is 5. The number of carbonyl (C=O) groups excluding carboxylic acids is 2. The van der Waals surface area contributed by atoms with E-state index in [2.05, 4.69) is 15.6 Å².